The standard InChI is InChI=1S/C8H11N3O2.ClH/c9-5-2-1-3-11-7(5)4-6(10-11)8(12)13;/h4-5H,1-3,9H2,(H,12,13);1H. The first-order valence-electron chi connectivity index (χ1n) is 4.25. The molecule has 0 bridgehead atoms. The summed E-state index contributed by atoms with van der Waals surface area (Å²) in [6.45, 7) is 0.774. The van der Waals surface area contributed by atoms with Crippen molar-refractivity contribution in [3.05, 3.63) is 17.5 Å². The second kappa shape index (κ2) is 3.98. The Bertz CT molecular complexity index is 350. The molecular formula is C8H12ClN3O2. The van der Waals surface area contributed by atoms with Crippen LogP contribution in [-0.4, -0.2) is 20.9 Å². The van der Waals surface area contributed by atoms with Crippen molar-refractivity contribution in [2.45, 2.75) is 25.4 Å². The van der Waals surface area contributed by atoms with Gasteiger partial charge in [0, 0.05) is 12.6 Å². The first kappa shape index (κ1) is 11.0. The van der Waals surface area contributed by atoms with Gasteiger partial charge in [-0.3, -0.25) is 4.68 Å². The maximum Gasteiger partial charge on any atom is 0.356 e. The van der Waals surface area contributed by atoms with Crippen molar-refractivity contribution in [2.24, 2.45) is 5.73 Å². The van der Waals surface area contributed by atoms with Crippen molar-refractivity contribution in [3.8, 4) is 0 Å². The Morgan fingerprint density at radius 2 is 2.43 bits per heavy atom. The number of nitrogens with two attached hydrogens (primary N) is 1. The quantitative estimate of drug-likeness (QED) is 0.729. The van der Waals surface area contributed by atoms with Crippen molar-refractivity contribution in [2.75, 3.05) is 0 Å². The number of carboxylic acid groups (broad SMARTS) is 1. The molecular weight excluding hydrogens is 206 g/mol. The lowest BCUT2D eigenvalue weighted by Gasteiger charge is -2.19. The lowest BCUT2D eigenvalue weighted by atomic mass is 10.1. The highest BCUT2D eigenvalue weighted by atomic mass is 35.5. The molecule has 14 heavy (non-hydrogen) atoms. The Balaban J connectivity index is 0.000000980. The summed E-state index contributed by atoms with van der Waals surface area (Å²) in [5.74, 6) is -0.992. The molecule has 1 aliphatic rings. The maximum atomic E-state index is 10.6. The predicted molar refractivity (Wildman–Crippen MR) is 52.6 cm³/mol. The fraction of sp³-hybridized carbons (Fsp3) is 0.500. The van der Waals surface area contributed by atoms with Crippen LogP contribution in [0.15, 0.2) is 6.07 Å². The van der Waals surface area contributed by atoms with Gasteiger partial charge in [-0.25, -0.2) is 4.79 Å². The number of hydrogen-bond acceptors (Lipinski definition) is 3. The predicted octanol–water partition coefficient (Wildman–Crippen LogP) is 0.797. The van der Waals surface area contributed by atoms with E-state index in [0.717, 1.165) is 25.1 Å². The van der Waals surface area contributed by atoms with Crippen LogP contribution < -0.4 is 5.73 Å². The summed E-state index contributed by atoms with van der Waals surface area (Å²) >= 11 is 0. The molecule has 1 aliphatic heterocycles. The van der Waals surface area contributed by atoms with Gasteiger partial charge in [0.25, 0.3) is 0 Å². The summed E-state index contributed by atoms with van der Waals surface area (Å²) in [5, 5.41) is 12.6. The van der Waals surface area contributed by atoms with Gasteiger partial charge in [-0.15, -0.1) is 12.4 Å². The topological polar surface area (TPSA) is 81.1 Å². The van der Waals surface area contributed by atoms with Crippen LogP contribution in [-0.2, 0) is 6.54 Å². The third kappa shape index (κ3) is 1.73. The molecule has 2 rings (SSSR count). The van der Waals surface area contributed by atoms with Crippen LogP contribution in [0.3, 0.4) is 0 Å². The molecule has 0 fully saturated rings. The van der Waals surface area contributed by atoms with Crippen LogP contribution in [0.4, 0.5) is 0 Å². The molecule has 0 spiro atoms. The van der Waals surface area contributed by atoms with E-state index in [9.17, 15) is 4.79 Å². The first-order chi connectivity index (χ1) is 6.18. The van der Waals surface area contributed by atoms with Gasteiger partial charge >= 0.3 is 5.97 Å². The van der Waals surface area contributed by atoms with Crippen LogP contribution in [0.1, 0.15) is 35.1 Å². The number of hydrogen-bond donors (Lipinski definition) is 2. The minimum absolute atomic E-state index is 0. The molecule has 1 unspecified atom stereocenters. The van der Waals surface area contributed by atoms with E-state index in [2.05, 4.69) is 5.10 Å². The number of aromatic nitrogens is 2. The highest BCUT2D eigenvalue weighted by Crippen LogP contribution is 2.22. The Morgan fingerprint density at radius 1 is 1.71 bits per heavy atom. The van der Waals surface area contributed by atoms with Crippen LogP contribution >= 0.6 is 12.4 Å². The smallest absolute Gasteiger partial charge is 0.356 e. The minimum atomic E-state index is -0.992. The summed E-state index contributed by atoms with van der Waals surface area (Å²) in [4.78, 5) is 10.6. The fourth-order valence-electron chi connectivity index (χ4n) is 1.62. The number of carboxylic acids is 1. The van der Waals surface area contributed by atoms with Gasteiger partial charge in [-0.2, -0.15) is 5.10 Å². The van der Waals surface area contributed by atoms with Gasteiger partial charge in [-0.1, -0.05) is 0 Å². The number of halogens is 1. The van der Waals surface area contributed by atoms with Crippen molar-refractivity contribution < 1.29 is 9.90 Å². The molecule has 0 amide bonds. The molecule has 0 aliphatic carbocycles. The SMILES string of the molecule is Cl.NC1CCCn2nc(C(=O)O)cc21. The van der Waals surface area contributed by atoms with E-state index >= 15 is 0 Å². The molecule has 0 aromatic carbocycles. The Labute approximate surface area is 87.3 Å². The molecule has 1 atom stereocenters. The maximum absolute atomic E-state index is 10.6. The molecule has 1 aromatic rings. The average molecular weight is 218 g/mol. The number of nitrogens with zero attached hydrogens (tertiary/aromatic N) is 2. The monoisotopic (exact) mass is 217 g/mol. The summed E-state index contributed by atoms with van der Waals surface area (Å²) in [7, 11) is 0. The summed E-state index contributed by atoms with van der Waals surface area (Å²) in [5.41, 5.74) is 6.73. The summed E-state index contributed by atoms with van der Waals surface area (Å²) in [6, 6.07) is 1.50. The van der Waals surface area contributed by atoms with Crippen molar-refractivity contribution in [1.29, 1.82) is 0 Å². The highest BCUT2D eigenvalue weighted by molar-refractivity contribution is 5.85. The third-order valence-corrected chi connectivity index (χ3v) is 2.30. The number of carbonyl (C=O) groups is 1. The minimum Gasteiger partial charge on any atom is -0.476 e. The number of aromatic carboxylic acids is 1. The van der Waals surface area contributed by atoms with Gasteiger partial charge in [0.15, 0.2) is 5.69 Å². The van der Waals surface area contributed by atoms with E-state index < -0.39 is 5.97 Å². The molecule has 0 radical (unpaired) electrons. The van der Waals surface area contributed by atoms with Gasteiger partial charge in [0.2, 0.25) is 0 Å². The van der Waals surface area contributed by atoms with Crippen molar-refractivity contribution in [1.82, 2.24) is 9.78 Å². The largest absolute Gasteiger partial charge is 0.476 e. The lowest BCUT2D eigenvalue weighted by molar-refractivity contribution is 0.0689. The molecule has 0 saturated heterocycles. The number of aryl methyl sites for hydroxylation is 1. The molecule has 2 heterocycles. The second-order valence-corrected chi connectivity index (χ2v) is 3.23. The van der Waals surface area contributed by atoms with E-state index in [1.165, 1.54) is 0 Å². The van der Waals surface area contributed by atoms with E-state index in [0.29, 0.717) is 0 Å². The van der Waals surface area contributed by atoms with Crippen LogP contribution in [0.5, 0.6) is 0 Å². The molecule has 78 valence electrons. The molecule has 6 heteroatoms. The van der Waals surface area contributed by atoms with Crippen LogP contribution in [0.25, 0.3) is 0 Å². The summed E-state index contributed by atoms with van der Waals surface area (Å²) in [6.07, 6.45) is 1.87. The van der Waals surface area contributed by atoms with Crippen LogP contribution in [0, 0.1) is 0 Å². The Hall–Kier alpha value is -1.07. The Morgan fingerprint density at radius 3 is 3.00 bits per heavy atom. The van der Waals surface area contributed by atoms with Gasteiger partial charge in [-0.05, 0) is 18.9 Å². The van der Waals surface area contributed by atoms with Gasteiger partial charge in [0.05, 0.1) is 5.69 Å². The van der Waals surface area contributed by atoms with E-state index in [1.807, 2.05) is 0 Å². The van der Waals surface area contributed by atoms with E-state index in [4.69, 9.17) is 10.8 Å². The number of rotatable bonds is 1. The summed E-state index contributed by atoms with van der Waals surface area (Å²) < 4.78 is 1.69. The van der Waals surface area contributed by atoms with Crippen LogP contribution in [0.2, 0.25) is 0 Å². The molecule has 3 N–H and O–H groups in total. The zero-order valence-corrected chi connectivity index (χ0v) is 8.33. The average Bonchev–Trinajstić information content (AvgIpc) is 2.49. The van der Waals surface area contributed by atoms with Gasteiger partial charge < -0.3 is 10.8 Å². The molecule has 1 aromatic heterocycles. The normalized spacial score (nSPS) is 19.6. The second-order valence-electron chi connectivity index (χ2n) is 3.23. The molecule has 0 saturated carbocycles. The lowest BCUT2D eigenvalue weighted by Crippen LogP contribution is -2.21. The first-order valence-corrected chi connectivity index (χ1v) is 4.25. The highest BCUT2D eigenvalue weighted by Gasteiger charge is 2.21. The Kier molecular flexibility index (Phi) is 3.13. The van der Waals surface area contributed by atoms with Gasteiger partial charge in [0.1, 0.15) is 0 Å². The third-order valence-electron chi connectivity index (χ3n) is 2.30. The van der Waals surface area contributed by atoms with Crippen molar-refractivity contribution >= 4 is 18.4 Å². The van der Waals surface area contributed by atoms with E-state index in [-0.39, 0.29) is 24.1 Å². The van der Waals surface area contributed by atoms with Crippen molar-refractivity contribution in [3.63, 3.8) is 0 Å². The fourth-order valence-corrected chi connectivity index (χ4v) is 1.62. The zero-order chi connectivity index (χ0) is 9.42. The zero-order valence-electron chi connectivity index (χ0n) is 7.51. The number of fused-ring (bicyclic) bond motifs is 1. The molecule has 5 nitrogen and oxygen atoms in total. The van der Waals surface area contributed by atoms with E-state index in [1.54, 1.807) is 10.7 Å².